The topological polar surface area (TPSA) is 63.9 Å². The molecule has 3 aromatic rings. The van der Waals surface area contributed by atoms with E-state index in [-0.39, 0.29) is 17.2 Å². The summed E-state index contributed by atoms with van der Waals surface area (Å²) in [5.74, 6) is 2.01. The van der Waals surface area contributed by atoms with E-state index in [1.807, 2.05) is 49.0 Å². The predicted octanol–water partition coefficient (Wildman–Crippen LogP) is 4.30. The lowest BCUT2D eigenvalue weighted by Gasteiger charge is -2.32. The van der Waals surface area contributed by atoms with Gasteiger partial charge in [-0.15, -0.1) is 0 Å². The highest BCUT2D eigenvalue weighted by atomic mass is 16.1. The molecule has 2 aromatic heterocycles. The molecule has 1 aliphatic rings. The molecule has 0 atom stereocenters. The molecule has 0 spiro atoms. The van der Waals surface area contributed by atoms with Crippen molar-refractivity contribution in [2.24, 2.45) is 5.92 Å². The van der Waals surface area contributed by atoms with Crippen LogP contribution in [0.4, 0.5) is 5.82 Å². The van der Waals surface area contributed by atoms with Crippen molar-refractivity contribution < 1.29 is 4.79 Å². The van der Waals surface area contributed by atoms with Gasteiger partial charge in [-0.2, -0.15) is 5.10 Å². The Morgan fingerprint density at radius 1 is 1.03 bits per heavy atom. The third-order valence-corrected chi connectivity index (χ3v) is 5.66. The van der Waals surface area contributed by atoms with E-state index >= 15 is 0 Å². The molecule has 1 aromatic carbocycles. The highest BCUT2D eigenvalue weighted by Crippen LogP contribution is 2.31. The summed E-state index contributed by atoms with van der Waals surface area (Å²) in [6, 6.07) is 7.91. The lowest BCUT2D eigenvalue weighted by Crippen LogP contribution is -2.37. The van der Waals surface area contributed by atoms with Crippen LogP contribution in [0.2, 0.25) is 0 Å². The van der Waals surface area contributed by atoms with Gasteiger partial charge in [0.05, 0.1) is 17.1 Å². The summed E-state index contributed by atoms with van der Waals surface area (Å²) in [7, 11) is 0. The summed E-state index contributed by atoms with van der Waals surface area (Å²) in [4.78, 5) is 24.6. The number of ketones is 1. The number of aryl methyl sites for hydroxylation is 2. The number of hydrogen-bond acceptors (Lipinski definition) is 5. The molecule has 0 N–H and O–H groups in total. The van der Waals surface area contributed by atoms with Crippen LogP contribution in [0.1, 0.15) is 55.4 Å². The molecular formula is C23H29N5O. The Morgan fingerprint density at radius 2 is 1.69 bits per heavy atom. The van der Waals surface area contributed by atoms with E-state index in [0.29, 0.717) is 0 Å². The van der Waals surface area contributed by atoms with Crippen LogP contribution < -0.4 is 4.90 Å². The molecule has 0 saturated carbocycles. The Hall–Kier alpha value is -2.76. The first-order valence-electron chi connectivity index (χ1n) is 10.3. The van der Waals surface area contributed by atoms with Crippen molar-refractivity contribution in [3.05, 3.63) is 47.4 Å². The van der Waals surface area contributed by atoms with E-state index in [4.69, 9.17) is 4.98 Å². The SMILES string of the molecule is Cc1ccc(C(=O)C2CCN(c3nc(C)nc4c3cnn4C(C)(C)C)CC2)cc1. The molecule has 152 valence electrons. The van der Waals surface area contributed by atoms with Gasteiger partial charge in [-0.1, -0.05) is 29.8 Å². The van der Waals surface area contributed by atoms with E-state index in [1.165, 1.54) is 5.56 Å². The minimum absolute atomic E-state index is 0.0738. The van der Waals surface area contributed by atoms with Crippen LogP contribution >= 0.6 is 0 Å². The Labute approximate surface area is 172 Å². The fraction of sp³-hybridized carbons (Fsp3) is 0.478. The summed E-state index contributed by atoms with van der Waals surface area (Å²) in [5.41, 5.74) is 2.72. The Kier molecular flexibility index (Phi) is 4.89. The van der Waals surface area contributed by atoms with Gasteiger partial charge in [0.25, 0.3) is 0 Å². The predicted molar refractivity (Wildman–Crippen MR) is 116 cm³/mol. The molecule has 29 heavy (non-hydrogen) atoms. The molecule has 0 aliphatic carbocycles. The maximum Gasteiger partial charge on any atom is 0.166 e. The number of benzene rings is 1. The molecule has 0 amide bonds. The zero-order valence-electron chi connectivity index (χ0n) is 17.9. The minimum atomic E-state index is -0.146. The summed E-state index contributed by atoms with van der Waals surface area (Å²) >= 11 is 0. The molecular weight excluding hydrogens is 362 g/mol. The maximum absolute atomic E-state index is 12.9. The van der Waals surface area contributed by atoms with Crippen LogP contribution in [0, 0.1) is 19.8 Å². The number of anilines is 1. The quantitative estimate of drug-likeness (QED) is 0.623. The molecule has 6 nitrogen and oxygen atoms in total. The monoisotopic (exact) mass is 391 g/mol. The molecule has 1 aliphatic heterocycles. The number of piperidine rings is 1. The van der Waals surface area contributed by atoms with Gasteiger partial charge in [-0.3, -0.25) is 4.79 Å². The normalized spacial score (nSPS) is 15.8. The highest BCUT2D eigenvalue weighted by Gasteiger charge is 2.28. The number of rotatable bonds is 3. The molecule has 1 saturated heterocycles. The van der Waals surface area contributed by atoms with Crippen molar-refractivity contribution in [2.75, 3.05) is 18.0 Å². The van der Waals surface area contributed by atoms with Crippen LogP contribution in [0.15, 0.2) is 30.5 Å². The number of aromatic nitrogens is 4. The minimum Gasteiger partial charge on any atom is -0.356 e. The van der Waals surface area contributed by atoms with Gasteiger partial charge in [-0.05, 0) is 47.5 Å². The van der Waals surface area contributed by atoms with Crippen molar-refractivity contribution in [1.29, 1.82) is 0 Å². The average molecular weight is 392 g/mol. The third-order valence-electron chi connectivity index (χ3n) is 5.66. The van der Waals surface area contributed by atoms with Crippen molar-refractivity contribution in [3.8, 4) is 0 Å². The first kappa shape index (κ1) is 19.6. The van der Waals surface area contributed by atoms with Crippen LogP contribution in [-0.2, 0) is 5.54 Å². The van der Waals surface area contributed by atoms with Crippen molar-refractivity contribution in [1.82, 2.24) is 19.7 Å². The van der Waals surface area contributed by atoms with E-state index in [9.17, 15) is 4.79 Å². The van der Waals surface area contributed by atoms with E-state index in [2.05, 4.69) is 35.8 Å². The van der Waals surface area contributed by atoms with E-state index in [0.717, 1.165) is 54.2 Å². The smallest absolute Gasteiger partial charge is 0.166 e. The van der Waals surface area contributed by atoms with Gasteiger partial charge < -0.3 is 4.90 Å². The van der Waals surface area contributed by atoms with Gasteiger partial charge in [0.2, 0.25) is 0 Å². The molecule has 0 bridgehead atoms. The van der Waals surface area contributed by atoms with Gasteiger partial charge in [0.15, 0.2) is 11.4 Å². The largest absolute Gasteiger partial charge is 0.356 e. The van der Waals surface area contributed by atoms with Crippen molar-refractivity contribution >= 4 is 22.6 Å². The average Bonchev–Trinajstić information content (AvgIpc) is 3.12. The first-order valence-corrected chi connectivity index (χ1v) is 10.3. The summed E-state index contributed by atoms with van der Waals surface area (Å²) in [6.45, 7) is 12.0. The van der Waals surface area contributed by atoms with Crippen LogP contribution in [0.5, 0.6) is 0 Å². The number of hydrogen-bond donors (Lipinski definition) is 0. The third kappa shape index (κ3) is 3.76. The van der Waals surface area contributed by atoms with Gasteiger partial charge in [-0.25, -0.2) is 14.6 Å². The number of Topliss-reactive ketones (excluding diaryl/α,β-unsaturated/α-hetero) is 1. The second kappa shape index (κ2) is 7.25. The molecule has 0 radical (unpaired) electrons. The van der Waals surface area contributed by atoms with Crippen LogP contribution in [-0.4, -0.2) is 38.6 Å². The highest BCUT2D eigenvalue weighted by molar-refractivity contribution is 5.98. The second-order valence-corrected chi connectivity index (χ2v) is 9.05. The number of carbonyl (C=O) groups is 1. The van der Waals surface area contributed by atoms with Crippen molar-refractivity contribution in [2.45, 2.75) is 53.0 Å². The Bertz CT molecular complexity index is 1040. The molecule has 4 rings (SSSR count). The number of carbonyl (C=O) groups excluding carboxylic acids is 1. The number of nitrogens with zero attached hydrogens (tertiary/aromatic N) is 5. The zero-order chi connectivity index (χ0) is 20.8. The number of fused-ring (bicyclic) bond motifs is 1. The van der Waals surface area contributed by atoms with Gasteiger partial charge >= 0.3 is 0 Å². The van der Waals surface area contributed by atoms with Crippen LogP contribution in [0.25, 0.3) is 11.0 Å². The van der Waals surface area contributed by atoms with E-state index in [1.54, 1.807) is 0 Å². The maximum atomic E-state index is 12.9. The zero-order valence-corrected chi connectivity index (χ0v) is 17.9. The Balaban J connectivity index is 1.56. The fourth-order valence-corrected chi connectivity index (χ4v) is 4.04. The molecule has 0 unspecified atom stereocenters. The van der Waals surface area contributed by atoms with E-state index < -0.39 is 0 Å². The summed E-state index contributed by atoms with van der Waals surface area (Å²) in [5, 5.41) is 5.57. The summed E-state index contributed by atoms with van der Waals surface area (Å²) < 4.78 is 1.97. The Morgan fingerprint density at radius 3 is 2.31 bits per heavy atom. The first-order chi connectivity index (χ1) is 13.7. The van der Waals surface area contributed by atoms with Crippen molar-refractivity contribution in [3.63, 3.8) is 0 Å². The standard InChI is InChI=1S/C23H29N5O/c1-15-6-8-17(9-7-15)20(29)18-10-12-27(13-11-18)21-19-14-24-28(23(3,4)5)22(19)26-16(2)25-21/h6-9,14,18H,10-13H2,1-5H3. The van der Waals surface area contributed by atoms with Crippen LogP contribution in [0.3, 0.4) is 0 Å². The van der Waals surface area contributed by atoms with Gasteiger partial charge in [0.1, 0.15) is 11.6 Å². The second-order valence-electron chi connectivity index (χ2n) is 9.05. The molecule has 1 fully saturated rings. The molecule has 3 heterocycles. The van der Waals surface area contributed by atoms with Gasteiger partial charge in [0, 0.05) is 24.6 Å². The summed E-state index contributed by atoms with van der Waals surface area (Å²) in [6.07, 6.45) is 3.55. The molecule has 6 heteroatoms. The fourth-order valence-electron chi connectivity index (χ4n) is 4.04. The lowest BCUT2D eigenvalue weighted by atomic mass is 9.88. The lowest BCUT2D eigenvalue weighted by molar-refractivity contribution is 0.0900.